The Balaban J connectivity index is 1.87. The molecule has 39 heavy (non-hydrogen) atoms. The van der Waals surface area contributed by atoms with E-state index in [0.717, 1.165) is 20.6 Å². The summed E-state index contributed by atoms with van der Waals surface area (Å²) in [6.45, 7) is 7.80. The Morgan fingerprint density at radius 1 is 1.13 bits per heavy atom. The summed E-state index contributed by atoms with van der Waals surface area (Å²) in [5, 5.41) is 12.7. The number of anilines is 1. The number of fused-ring (bicyclic) bond motifs is 1. The summed E-state index contributed by atoms with van der Waals surface area (Å²) in [5.74, 6) is -0.0723. The Morgan fingerprint density at radius 3 is 2.51 bits per heavy atom. The van der Waals surface area contributed by atoms with Crippen molar-refractivity contribution in [1.29, 1.82) is 0 Å². The SMILES string of the molecule is CC(=O)Nc1nc(-c2c3c(=O)n(C)c(=O)n(CC(C)C)c3nn2C(Cc2ccccc2)c2ccsc2)c(C)s1. The normalized spacial score (nSPS) is 12.4. The average molecular weight is 563 g/mol. The number of hydrogen-bond donors (Lipinski definition) is 1. The molecule has 0 radical (unpaired) electrons. The molecule has 1 unspecified atom stereocenters. The highest BCUT2D eigenvalue weighted by atomic mass is 32.1. The Bertz CT molecular complexity index is 1760. The van der Waals surface area contributed by atoms with E-state index in [9.17, 15) is 14.4 Å². The molecular formula is C28H30N6O3S2. The molecule has 0 aliphatic carbocycles. The number of thiazole rings is 1. The van der Waals surface area contributed by atoms with Gasteiger partial charge < -0.3 is 5.32 Å². The fourth-order valence-corrected chi connectivity index (χ4v) is 6.35. The van der Waals surface area contributed by atoms with E-state index < -0.39 is 11.2 Å². The summed E-state index contributed by atoms with van der Waals surface area (Å²) in [7, 11) is 1.50. The van der Waals surface area contributed by atoms with Crippen molar-refractivity contribution in [2.45, 2.75) is 46.7 Å². The van der Waals surface area contributed by atoms with Gasteiger partial charge in [-0.05, 0) is 47.2 Å². The van der Waals surface area contributed by atoms with Crippen molar-refractivity contribution >= 4 is 44.7 Å². The Kier molecular flexibility index (Phi) is 7.37. The predicted molar refractivity (Wildman–Crippen MR) is 157 cm³/mol. The summed E-state index contributed by atoms with van der Waals surface area (Å²) >= 11 is 2.93. The van der Waals surface area contributed by atoms with Gasteiger partial charge >= 0.3 is 5.69 Å². The molecule has 0 saturated heterocycles. The summed E-state index contributed by atoms with van der Waals surface area (Å²) in [6, 6.07) is 11.9. The maximum Gasteiger partial charge on any atom is 0.332 e. The smallest absolute Gasteiger partial charge is 0.302 e. The molecule has 0 saturated carbocycles. The zero-order valence-electron chi connectivity index (χ0n) is 22.5. The standard InChI is InChI=1S/C28H30N6O3S2/c1-16(2)14-33-25-22(26(36)32(5)28(33)37)24(23-17(3)39-27(30-23)29-18(4)35)34(31-25)21(20-11-12-38-15-20)13-19-9-7-6-8-10-19/h6-12,15-16,21H,13-14H2,1-5H3,(H,29,30,35). The van der Waals surface area contributed by atoms with Gasteiger partial charge in [0.25, 0.3) is 5.56 Å². The maximum absolute atomic E-state index is 13.8. The van der Waals surface area contributed by atoms with Crippen LogP contribution in [0.1, 0.15) is 42.8 Å². The molecule has 9 nitrogen and oxygen atoms in total. The van der Waals surface area contributed by atoms with E-state index in [1.54, 1.807) is 15.9 Å². The van der Waals surface area contributed by atoms with Crippen LogP contribution in [0.5, 0.6) is 0 Å². The fraction of sp³-hybridized carbons (Fsp3) is 0.321. The molecule has 1 amide bonds. The van der Waals surface area contributed by atoms with Crippen LogP contribution in [0.25, 0.3) is 22.4 Å². The van der Waals surface area contributed by atoms with Crippen LogP contribution < -0.4 is 16.6 Å². The zero-order valence-corrected chi connectivity index (χ0v) is 24.1. The van der Waals surface area contributed by atoms with Crippen molar-refractivity contribution in [1.82, 2.24) is 23.9 Å². The lowest BCUT2D eigenvalue weighted by Gasteiger charge is -2.19. The molecule has 1 N–H and O–H groups in total. The topological polar surface area (TPSA) is 104 Å². The summed E-state index contributed by atoms with van der Waals surface area (Å²) < 4.78 is 4.59. The first kappa shape index (κ1) is 26.8. The molecule has 0 spiro atoms. The molecule has 0 fully saturated rings. The van der Waals surface area contributed by atoms with Crippen molar-refractivity contribution in [3.63, 3.8) is 0 Å². The highest BCUT2D eigenvalue weighted by molar-refractivity contribution is 7.16. The molecule has 5 rings (SSSR count). The minimum atomic E-state index is -0.423. The highest BCUT2D eigenvalue weighted by Crippen LogP contribution is 2.37. The Morgan fingerprint density at radius 2 is 1.87 bits per heavy atom. The van der Waals surface area contributed by atoms with Crippen molar-refractivity contribution in [2.75, 3.05) is 5.32 Å². The number of nitrogens with one attached hydrogen (secondary N) is 1. The molecule has 1 atom stereocenters. The van der Waals surface area contributed by atoms with Crippen LogP contribution in [0.15, 0.2) is 56.7 Å². The summed E-state index contributed by atoms with van der Waals surface area (Å²) in [4.78, 5) is 44.4. The summed E-state index contributed by atoms with van der Waals surface area (Å²) in [6.07, 6.45) is 0.620. The maximum atomic E-state index is 13.8. The molecule has 5 aromatic rings. The lowest BCUT2D eigenvalue weighted by atomic mass is 10.0. The first-order chi connectivity index (χ1) is 18.7. The van der Waals surface area contributed by atoms with Gasteiger partial charge in [-0.15, -0.1) is 11.3 Å². The Hall–Kier alpha value is -3.83. The quantitative estimate of drug-likeness (QED) is 0.292. The lowest BCUT2D eigenvalue weighted by Crippen LogP contribution is -2.38. The third-order valence-electron chi connectivity index (χ3n) is 6.53. The Labute approximate surface area is 233 Å². The van der Waals surface area contributed by atoms with Gasteiger partial charge in [0.15, 0.2) is 10.8 Å². The number of carbonyl (C=O) groups is 1. The molecular weight excluding hydrogens is 532 g/mol. The van der Waals surface area contributed by atoms with Crippen LogP contribution in [-0.4, -0.2) is 29.8 Å². The van der Waals surface area contributed by atoms with E-state index in [1.807, 2.05) is 49.0 Å². The third kappa shape index (κ3) is 5.11. The van der Waals surface area contributed by atoms with Gasteiger partial charge in [0.1, 0.15) is 16.8 Å². The van der Waals surface area contributed by atoms with Gasteiger partial charge in [-0.2, -0.15) is 16.4 Å². The van der Waals surface area contributed by atoms with Gasteiger partial charge in [-0.25, -0.2) is 9.78 Å². The van der Waals surface area contributed by atoms with Gasteiger partial charge in [0, 0.05) is 25.4 Å². The molecule has 202 valence electrons. The van der Waals surface area contributed by atoms with Crippen molar-refractivity contribution in [3.8, 4) is 11.4 Å². The second-order valence-corrected chi connectivity index (χ2v) is 12.0. The van der Waals surface area contributed by atoms with Crippen LogP contribution >= 0.6 is 22.7 Å². The van der Waals surface area contributed by atoms with Crippen LogP contribution in [0, 0.1) is 12.8 Å². The van der Waals surface area contributed by atoms with Crippen LogP contribution in [0.2, 0.25) is 0 Å². The molecule has 1 aromatic carbocycles. The van der Waals surface area contributed by atoms with E-state index in [-0.39, 0.29) is 17.9 Å². The number of hydrogen-bond acceptors (Lipinski definition) is 7. The number of amides is 1. The van der Waals surface area contributed by atoms with Gasteiger partial charge in [0.2, 0.25) is 5.91 Å². The van der Waals surface area contributed by atoms with Crippen molar-refractivity contribution in [3.05, 3.63) is 84.0 Å². The number of carbonyl (C=O) groups excluding carboxylic acids is 1. The third-order valence-corrected chi connectivity index (χ3v) is 8.12. The number of rotatable bonds is 8. The summed E-state index contributed by atoms with van der Waals surface area (Å²) in [5.41, 5.74) is 2.78. The molecule has 11 heteroatoms. The second kappa shape index (κ2) is 10.7. The lowest BCUT2D eigenvalue weighted by molar-refractivity contribution is -0.114. The van der Waals surface area contributed by atoms with E-state index in [0.29, 0.717) is 40.5 Å². The number of nitrogens with zero attached hydrogens (tertiary/aromatic N) is 5. The van der Waals surface area contributed by atoms with Gasteiger partial charge in [-0.3, -0.25) is 23.4 Å². The zero-order chi connectivity index (χ0) is 27.8. The largest absolute Gasteiger partial charge is 0.332 e. The minimum Gasteiger partial charge on any atom is -0.302 e. The first-order valence-electron chi connectivity index (χ1n) is 12.7. The highest BCUT2D eigenvalue weighted by Gasteiger charge is 2.30. The van der Waals surface area contributed by atoms with Crippen molar-refractivity contribution < 1.29 is 4.79 Å². The monoisotopic (exact) mass is 562 g/mol. The van der Waals surface area contributed by atoms with Crippen LogP contribution in [-0.2, 0) is 24.8 Å². The average Bonchev–Trinajstić information content (AvgIpc) is 3.63. The van der Waals surface area contributed by atoms with Gasteiger partial charge in [0.05, 0.1) is 6.04 Å². The number of aromatic nitrogens is 5. The van der Waals surface area contributed by atoms with Crippen molar-refractivity contribution in [2.24, 2.45) is 13.0 Å². The molecule has 4 aromatic heterocycles. The fourth-order valence-electron chi connectivity index (χ4n) is 4.78. The number of benzene rings is 1. The number of thiophene rings is 1. The molecule has 4 heterocycles. The second-order valence-electron chi connectivity index (χ2n) is 10.0. The predicted octanol–water partition coefficient (Wildman–Crippen LogP) is 4.84. The van der Waals surface area contributed by atoms with Gasteiger partial charge in [-0.1, -0.05) is 44.2 Å². The van der Waals surface area contributed by atoms with E-state index in [2.05, 4.69) is 28.9 Å². The van der Waals surface area contributed by atoms with E-state index in [1.165, 1.54) is 25.3 Å². The number of aryl methyl sites for hydroxylation is 1. The minimum absolute atomic E-state index is 0.154. The van der Waals surface area contributed by atoms with E-state index in [4.69, 9.17) is 10.1 Å². The first-order valence-corrected chi connectivity index (χ1v) is 14.4. The van der Waals surface area contributed by atoms with E-state index >= 15 is 0 Å². The molecule has 0 aliphatic rings. The van der Waals surface area contributed by atoms with Crippen LogP contribution in [0.3, 0.4) is 0 Å². The molecule has 0 bridgehead atoms. The molecule has 0 aliphatic heterocycles. The van der Waals surface area contributed by atoms with Crippen LogP contribution in [0.4, 0.5) is 5.13 Å².